The molecule has 0 aliphatic heterocycles. The first-order valence-electron chi connectivity index (χ1n) is 7.23. The van der Waals surface area contributed by atoms with Gasteiger partial charge in [-0.05, 0) is 49.6 Å². The lowest BCUT2D eigenvalue weighted by atomic mass is 9.90. The third-order valence-electron chi connectivity index (χ3n) is 3.49. The van der Waals surface area contributed by atoms with Crippen molar-refractivity contribution < 1.29 is 17.5 Å². The molecule has 0 saturated heterocycles. The molecule has 0 heterocycles. The summed E-state index contributed by atoms with van der Waals surface area (Å²) < 4.78 is 29.1. The molecule has 0 spiro atoms. The predicted molar refractivity (Wildman–Crippen MR) is 88.6 cm³/mol. The summed E-state index contributed by atoms with van der Waals surface area (Å²) >= 11 is 0. The SMILES string of the molecule is CC1=CC(=O)C(C(C)C)=C/C1=N/OS(=O)(=O)c1ccc(C)cc1. The molecule has 1 aliphatic rings. The average molecular weight is 333 g/mol. The van der Waals surface area contributed by atoms with Crippen LogP contribution in [0.5, 0.6) is 0 Å². The van der Waals surface area contributed by atoms with E-state index in [9.17, 15) is 13.2 Å². The zero-order chi connectivity index (χ0) is 17.2. The van der Waals surface area contributed by atoms with Crippen molar-refractivity contribution in [2.75, 3.05) is 0 Å². The Hall–Kier alpha value is -2.21. The van der Waals surface area contributed by atoms with E-state index in [0.29, 0.717) is 16.9 Å². The van der Waals surface area contributed by atoms with E-state index >= 15 is 0 Å². The zero-order valence-electron chi connectivity index (χ0n) is 13.5. The Labute approximate surface area is 136 Å². The molecule has 1 aromatic rings. The second-order valence-corrected chi connectivity index (χ2v) is 7.29. The molecular weight excluding hydrogens is 314 g/mol. The van der Waals surface area contributed by atoms with Crippen LogP contribution in [0.25, 0.3) is 0 Å². The van der Waals surface area contributed by atoms with Crippen LogP contribution in [0.2, 0.25) is 0 Å². The van der Waals surface area contributed by atoms with Crippen LogP contribution in [0.3, 0.4) is 0 Å². The van der Waals surface area contributed by atoms with Crippen molar-refractivity contribution in [1.82, 2.24) is 0 Å². The fourth-order valence-electron chi connectivity index (χ4n) is 2.07. The fraction of sp³-hybridized carbons (Fsp3) is 0.294. The van der Waals surface area contributed by atoms with E-state index in [1.54, 1.807) is 25.1 Å². The molecule has 0 amide bonds. The first kappa shape index (κ1) is 17.1. The van der Waals surface area contributed by atoms with Gasteiger partial charge >= 0.3 is 10.1 Å². The van der Waals surface area contributed by atoms with Gasteiger partial charge in [-0.1, -0.05) is 36.7 Å². The molecule has 122 valence electrons. The van der Waals surface area contributed by atoms with E-state index in [0.717, 1.165) is 5.56 Å². The highest BCUT2D eigenvalue weighted by Gasteiger charge is 2.21. The van der Waals surface area contributed by atoms with Crippen molar-refractivity contribution in [3.63, 3.8) is 0 Å². The third-order valence-corrected chi connectivity index (χ3v) is 4.61. The molecule has 1 aliphatic carbocycles. The molecule has 0 radical (unpaired) electrons. The van der Waals surface area contributed by atoms with Crippen LogP contribution in [0.15, 0.2) is 57.6 Å². The normalized spacial score (nSPS) is 17.3. The highest BCUT2D eigenvalue weighted by molar-refractivity contribution is 7.86. The fourth-order valence-corrected chi connectivity index (χ4v) is 2.81. The molecule has 0 fully saturated rings. The minimum Gasteiger partial charge on any atom is -0.290 e. The number of aryl methyl sites for hydroxylation is 1. The maximum absolute atomic E-state index is 12.1. The predicted octanol–water partition coefficient (Wildman–Crippen LogP) is 3.17. The maximum Gasteiger partial charge on any atom is 0.358 e. The summed E-state index contributed by atoms with van der Waals surface area (Å²) in [6, 6.07) is 6.30. The summed E-state index contributed by atoms with van der Waals surface area (Å²) in [5.41, 5.74) is 2.43. The molecule has 0 atom stereocenters. The Balaban J connectivity index is 2.29. The molecular formula is C17H19NO4S. The van der Waals surface area contributed by atoms with Gasteiger partial charge in [0.05, 0.1) is 0 Å². The lowest BCUT2D eigenvalue weighted by Gasteiger charge is -2.14. The van der Waals surface area contributed by atoms with Gasteiger partial charge in [-0.15, -0.1) is 0 Å². The number of oxime groups is 1. The summed E-state index contributed by atoms with van der Waals surface area (Å²) in [7, 11) is -3.98. The number of hydrogen-bond donors (Lipinski definition) is 0. The Morgan fingerprint density at radius 1 is 1.04 bits per heavy atom. The number of carbonyl (C=O) groups is 1. The molecule has 0 aromatic heterocycles. The molecule has 5 nitrogen and oxygen atoms in total. The number of hydrogen-bond acceptors (Lipinski definition) is 5. The molecule has 0 N–H and O–H groups in total. The van der Waals surface area contributed by atoms with Gasteiger partial charge in [-0.2, -0.15) is 8.42 Å². The van der Waals surface area contributed by atoms with Gasteiger partial charge in [0.25, 0.3) is 0 Å². The molecule has 0 saturated carbocycles. The molecule has 23 heavy (non-hydrogen) atoms. The van der Waals surface area contributed by atoms with Crippen molar-refractivity contribution in [1.29, 1.82) is 0 Å². The third kappa shape index (κ3) is 3.96. The van der Waals surface area contributed by atoms with Gasteiger partial charge in [0.15, 0.2) is 5.78 Å². The highest BCUT2D eigenvalue weighted by Crippen LogP contribution is 2.20. The van der Waals surface area contributed by atoms with Crippen LogP contribution >= 0.6 is 0 Å². The Morgan fingerprint density at radius 2 is 1.65 bits per heavy atom. The van der Waals surface area contributed by atoms with Crippen LogP contribution in [-0.4, -0.2) is 19.9 Å². The molecule has 6 heteroatoms. The average Bonchev–Trinajstić information content (AvgIpc) is 2.46. The number of rotatable bonds is 4. The summed E-state index contributed by atoms with van der Waals surface area (Å²) in [6.07, 6.45) is 3.02. The summed E-state index contributed by atoms with van der Waals surface area (Å²) in [5, 5.41) is 3.73. The number of ketones is 1. The molecule has 0 unspecified atom stereocenters. The largest absolute Gasteiger partial charge is 0.358 e. The number of carbonyl (C=O) groups excluding carboxylic acids is 1. The van der Waals surface area contributed by atoms with Crippen LogP contribution in [0, 0.1) is 12.8 Å². The quantitative estimate of drug-likeness (QED) is 0.627. The Morgan fingerprint density at radius 3 is 2.22 bits per heavy atom. The van der Waals surface area contributed by atoms with Gasteiger partial charge in [0, 0.05) is 5.57 Å². The Kier molecular flexibility index (Phi) is 4.85. The van der Waals surface area contributed by atoms with Crippen molar-refractivity contribution in [3.8, 4) is 0 Å². The van der Waals surface area contributed by atoms with Gasteiger partial charge in [-0.3, -0.25) is 9.08 Å². The first-order chi connectivity index (χ1) is 10.7. The van der Waals surface area contributed by atoms with Gasteiger partial charge in [0.2, 0.25) is 0 Å². The van der Waals surface area contributed by atoms with E-state index < -0.39 is 10.1 Å². The molecule has 0 bridgehead atoms. The number of nitrogens with zero attached hydrogens (tertiary/aromatic N) is 1. The highest BCUT2D eigenvalue weighted by atomic mass is 32.2. The lowest BCUT2D eigenvalue weighted by molar-refractivity contribution is -0.111. The van der Waals surface area contributed by atoms with E-state index in [1.807, 2.05) is 20.8 Å². The van der Waals surface area contributed by atoms with Crippen LogP contribution < -0.4 is 0 Å². The van der Waals surface area contributed by atoms with E-state index in [-0.39, 0.29) is 16.6 Å². The van der Waals surface area contributed by atoms with Gasteiger partial charge in [0.1, 0.15) is 10.6 Å². The van der Waals surface area contributed by atoms with Crippen molar-refractivity contribution in [2.45, 2.75) is 32.6 Å². The topological polar surface area (TPSA) is 72.8 Å². The van der Waals surface area contributed by atoms with Crippen molar-refractivity contribution in [2.24, 2.45) is 11.1 Å². The van der Waals surface area contributed by atoms with Crippen molar-refractivity contribution >= 4 is 21.6 Å². The second kappa shape index (κ2) is 6.50. The van der Waals surface area contributed by atoms with Crippen molar-refractivity contribution in [3.05, 3.63) is 53.1 Å². The number of benzene rings is 1. The summed E-state index contributed by atoms with van der Waals surface area (Å²) in [4.78, 5) is 11.9. The van der Waals surface area contributed by atoms with E-state index in [4.69, 9.17) is 4.28 Å². The summed E-state index contributed by atoms with van der Waals surface area (Å²) in [6.45, 7) is 7.33. The van der Waals surface area contributed by atoms with Crippen LogP contribution in [0.1, 0.15) is 26.3 Å². The standard InChI is InChI=1S/C17H19NO4S/c1-11(2)15-10-16(13(4)9-17(15)19)18-22-23(20,21)14-7-5-12(3)6-8-14/h5-11H,1-4H3/b18-16-. The number of allylic oxidation sites excluding steroid dienone is 4. The Bertz CT molecular complexity index is 813. The van der Waals surface area contributed by atoms with E-state index in [1.165, 1.54) is 18.2 Å². The smallest absolute Gasteiger partial charge is 0.290 e. The van der Waals surface area contributed by atoms with Gasteiger partial charge < -0.3 is 0 Å². The minimum atomic E-state index is -3.98. The maximum atomic E-state index is 12.1. The van der Waals surface area contributed by atoms with Crippen LogP contribution in [0.4, 0.5) is 0 Å². The zero-order valence-corrected chi connectivity index (χ0v) is 14.3. The lowest BCUT2D eigenvalue weighted by Crippen LogP contribution is -2.16. The minimum absolute atomic E-state index is 0.0192. The molecule has 2 rings (SSSR count). The first-order valence-corrected chi connectivity index (χ1v) is 8.64. The van der Waals surface area contributed by atoms with Gasteiger partial charge in [-0.25, -0.2) is 0 Å². The monoisotopic (exact) mass is 333 g/mol. The summed E-state index contributed by atoms with van der Waals surface area (Å²) in [5.74, 6) is -0.0661. The van der Waals surface area contributed by atoms with Crippen LogP contribution in [-0.2, 0) is 19.2 Å². The second-order valence-electron chi connectivity index (χ2n) is 5.76. The van der Waals surface area contributed by atoms with E-state index in [2.05, 4.69) is 5.16 Å². The molecule has 1 aromatic carbocycles.